The second-order valence-corrected chi connectivity index (χ2v) is 6.18. The molecule has 1 N–H and O–H groups in total. The van der Waals surface area contributed by atoms with E-state index in [4.69, 9.17) is 14.2 Å². The van der Waals surface area contributed by atoms with Crippen molar-refractivity contribution in [1.29, 1.82) is 0 Å². The minimum Gasteiger partial charge on any atom is -0.497 e. The number of carbonyl (C=O) groups excluding carboxylic acids is 2. The van der Waals surface area contributed by atoms with Gasteiger partial charge in [0.15, 0.2) is 0 Å². The van der Waals surface area contributed by atoms with Crippen LogP contribution in [0, 0.1) is 0 Å². The third kappa shape index (κ3) is 4.04. The Hall–Kier alpha value is -2.28. The van der Waals surface area contributed by atoms with E-state index in [2.05, 4.69) is 5.32 Å². The summed E-state index contributed by atoms with van der Waals surface area (Å²) in [4.78, 5) is 26.8. The molecule has 138 valence electrons. The molecule has 1 aromatic carbocycles. The lowest BCUT2D eigenvalue weighted by molar-refractivity contribution is -0.127. The minimum absolute atomic E-state index is 0.0927. The van der Waals surface area contributed by atoms with Gasteiger partial charge in [-0.3, -0.25) is 14.5 Å². The van der Waals surface area contributed by atoms with Crippen molar-refractivity contribution < 1.29 is 23.8 Å². The van der Waals surface area contributed by atoms with Gasteiger partial charge in [0, 0.05) is 44.9 Å². The molecule has 1 aliphatic rings. The number of benzene rings is 1. The Morgan fingerprint density at radius 1 is 1.20 bits per heavy atom. The summed E-state index contributed by atoms with van der Waals surface area (Å²) >= 11 is 0. The summed E-state index contributed by atoms with van der Waals surface area (Å²) in [6, 6.07) is 5.20. The molecule has 7 nitrogen and oxygen atoms in total. The van der Waals surface area contributed by atoms with Crippen LogP contribution in [0.1, 0.15) is 26.2 Å². The van der Waals surface area contributed by atoms with Gasteiger partial charge in [-0.05, 0) is 19.8 Å². The molecule has 0 spiro atoms. The van der Waals surface area contributed by atoms with Crippen molar-refractivity contribution in [2.24, 2.45) is 0 Å². The Morgan fingerprint density at radius 2 is 1.84 bits per heavy atom. The first-order valence-corrected chi connectivity index (χ1v) is 8.29. The summed E-state index contributed by atoms with van der Waals surface area (Å²) in [6.07, 6.45) is 1.50. The number of anilines is 1. The van der Waals surface area contributed by atoms with Crippen molar-refractivity contribution in [2.45, 2.75) is 31.7 Å². The van der Waals surface area contributed by atoms with Crippen LogP contribution in [0.25, 0.3) is 0 Å². The summed E-state index contributed by atoms with van der Waals surface area (Å²) in [5.41, 5.74) is -0.352. The van der Waals surface area contributed by atoms with Crippen LogP contribution in [0.2, 0.25) is 0 Å². The summed E-state index contributed by atoms with van der Waals surface area (Å²) < 4.78 is 15.5. The molecular weight excluding hydrogens is 324 g/mol. The number of carbonyl (C=O) groups is 2. The van der Waals surface area contributed by atoms with E-state index >= 15 is 0 Å². The lowest BCUT2D eigenvalue weighted by atomic mass is 9.97. The fraction of sp³-hybridized carbons (Fsp3) is 0.556. The Morgan fingerprint density at radius 3 is 2.40 bits per heavy atom. The predicted molar refractivity (Wildman–Crippen MR) is 94.2 cm³/mol. The van der Waals surface area contributed by atoms with Gasteiger partial charge >= 0.3 is 0 Å². The van der Waals surface area contributed by atoms with E-state index in [1.807, 2.05) is 0 Å². The van der Waals surface area contributed by atoms with Gasteiger partial charge in [-0.1, -0.05) is 0 Å². The molecule has 1 atom stereocenters. The van der Waals surface area contributed by atoms with E-state index in [0.717, 1.165) is 6.42 Å². The van der Waals surface area contributed by atoms with Crippen LogP contribution >= 0.6 is 0 Å². The van der Waals surface area contributed by atoms with Crippen LogP contribution in [-0.2, 0) is 14.3 Å². The van der Waals surface area contributed by atoms with Crippen molar-refractivity contribution in [2.75, 3.05) is 39.4 Å². The maximum atomic E-state index is 12.8. The van der Waals surface area contributed by atoms with Gasteiger partial charge in [0.25, 0.3) is 0 Å². The second kappa shape index (κ2) is 8.20. The standard InChI is InChI=1S/C18H26N2O5/c1-18(17(22)19-8-5-9-23-2)7-6-16(21)20(18)13-10-14(24-3)12-15(11-13)25-4/h10-12H,5-9H2,1-4H3,(H,19,22)/t18-/m0/s1. The number of hydrogen-bond acceptors (Lipinski definition) is 5. The normalized spacial score (nSPS) is 19.8. The van der Waals surface area contributed by atoms with Gasteiger partial charge in [-0.25, -0.2) is 0 Å². The molecule has 1 fully saturated rings. The fourth-order valence-electron chi connectivity index (χ4n) is 3.02. The molecule has 1 aromatic rings. The van der Waals surface area contributed by atoms with E-state index in [1.165, 1.54) is 0 Å². The van der Waals surface area contributed by atoms with Crippen LogP contribution < -0.4 is 19.7 Å². The molecular formula is C18H26N2O5. The van der Waals surface area contributed by atoms with Crippen molar-refractivity contribution in [3.8, 4) is 11.5 Å². The first kappa shape index (κ1) is 19.1. The maximum absolute atomic E-state index is 12.8. The summed E-state index contributed by atoms with van der Waals surface area (Å²) in [5.74, 6) is 0.870. The number of nitrogens with zero attached hydrogens (tertiary/aromatic N) is 1. The number of ether oxygens (including phenoxy) is 3. The van der Waals surface area contributed by atoms with Crippen molar-refractivity contribution >= 4 is 17.5 Å². The second-order valence-electron chi connectivity index (χ2n) is 6.18. The van der Waals surface area contributed by atoms with Crippen LogP contribution in [0.4, 0.5) is 5.69 Å². The summed E-state index contributed by atoms with van der Waals surface area (Å²) in [6.45, 7) is 2.87. The smallest absolute Gasteiger partial charge is 0.246 e. The molecule has 1 heterocycles. The molecule has 0 radical (unpaired) electrons. The fourth-order valence-corrected chi connectivity index (χ4v) is 3.02. The highest BCUT2D eigenvalue weighted by Gasteiger charge is 2.48. The minimum atomic E-state index is -0.943. The van der Waals surface area contributed by atoms with Crippen molar-refractivity contribution in [3.05, 3.63) is 18.2 Å². The lowest BCUT2D eigenvalue weighted by Gasteiger charge is -2.34. The van der Waals surface area contributed by atoms with Crippen LogP contribution in [0.15, 0.2) is 18.2 Å². The topological polar surface area (TPSA) is 77.1 Å². The van der Waals surface area contributed by atoms with Crippen molar-refractivity contribution in [1.82, 2.24) is 5.32 Å². The van der Waals surface area contributed by atoms with E-state index in [9.17, 15) is 9.59 Å². The number of rotatable bonds is 8. The molecule has 0 saturated carbocycles. The largest absolute Gasteiger partial charge is 0.497 e. The highest BCUT2D eigenvalue weighted by molar-refractivity contribution is 6.06. The van der Waals surface area contributed by atoms with Gasteiger partial charge in [-0.2, -0.15) is 0 Å². The summed E-state index contributed by atoms with van der Waals surface area (Å²) in [5, 5.41) is 2.90. The average Bonchev–Trinajstić information content (AvgIpc) is 2.94. The molecule has 1 aliphatic heterocycles. The van der Waals surface area contributed by atoms with Crippen molar-refractivity contribution in [3.63, 3.8) is 0 Å². The SMILES string of the molecule is COCCCNC(=O)[C@]1(C)CCC(=O)N1c1cc(OC)cc(OC)c1. The number of methoxy groups -OCH3 is 3. The predicted octanol–water partition coefficient (Wildman–Crippen LogP) is 1.74. The van der Waals surface area contributed by atoms with Gasteiger partial charge in [0.2, 0.25) is 11.8 Å². The zero-order valence-electron chi connectivity index (χ0n) is 15.3. The van der Waals surface area contributed by atoms with E-state index < -0.39 is 5.54 Å². The van der Waals surface area contributed by atoms with Crippen LogP contribution in [0.5, 0.6) is 11.5 Å². The third-order valence-electron chi connectivity index (χ3n) is 4.46. The molecule has 1 saturated heterocycles. The van der Waals surface area contributed by atoms with Gasteiger partial charge in [0.1, 0.15) is 17.0 Å². The molecule has 0 aliphatic carbocycles. The molecule has 7 heteroatoms. The van der Waals surface area contributed by atoms with Gasteiger partial charge < -0.3 is 19.5 Å². The summed E-state index contributed by atoms with van der Waals surface area (Å²) in [7, 11) is 4.72. The lowest BCUT2D eigenvalue weighted by Crippen LogP contribution is -2.55. The maximum Gasteiger partial charge on any atom is 0.246 e. The quantitative estimate of drug-likeness (QED) is 0.723. The van der Waals surface area contributed by atoms with E-state index in [1.54, 1.807) is 51.4 Å². The first-order valence-electron chi connectivity index (χ1n) is 8.29. The molecule has 0 unspecified atom stereocenters. The zero-order valence-corrected chi connectivity index (χ0v) is 15.3. The Bertz CT molecular complexity index is 612. The molecule has 2 amide bonds. The Labute approximate surface area is 148 Å². The monoisotopic (exact) mass is 350 g/mol. The Balaban J connectivity index is 2.27. The highest BCUT2D eigenvalue weighted by Crippen LogP contribution is 2.38. The molecule has 25 heavy (non-hydrogen) atoms. The van der Waals surface area contributed by atoms with Gasteiger partial charge in [-0.15, -0.1) is 0 Å². The number of hydrogen-bond donors (Lipinski definition) is 1. The van der Waals surface area contributed by atoms with Gasteiger partial charge in [0.05, 0.1) is 19.9 Å². The van der Waals surface area contributed by atoms with E-state index in [-0.39, 0.29) is 11.8 Å². The zero-order chi connectivity index (χ0) is 18.4. The number of nitrogens with one attached hydrogen (secondary N) is 1. The third-order valence-corrected chi connectivity index (χ3v) is 4.46. The molecule has 0 bridgehead atoms. The van der Waals surface area contributed by atoms with Crippen LogP contribution in [0.3, 0.4) is 0 Å². The van der Waals surface area contributed by atoms with Crippen LogP contribution in [-0.4, -0.2) is 51.8 Å². The van der Waals surface area contributed by atoms with E-state index in [0.29, 0.717) is 43.2 Å². The first-order chi connectivity index (χ1) is 12.0. The molecule has 2 rings (SSSR count). The highest BCUT2D eigenvalue weighted by atomic mass is 16.5. The number of amides is 2. The molecule has 0 aromatic heterocycles. The Kier molecular flexibility index (Phi) is 6.25. The average molecular weight is 350 g/mol.